The van der Waals surface area contributed by atoms with Gasteiger partial charge in [0.2, 0.25) is 5.91 Å². The van der Waals surface area contributed by atoms with Crippen molar-refractivity contribution in [2.75, 3.05) is 59.4 Å². The van der Waals surface area contributed by atoms with Crippen LogP contribution < -0.4 is 5.32 Å². The quantitative estimate of drug-likeness (QED) is 0.780. The van der Waals surface area contributed by atoms with Crippen molar-refractivity contribution in [3.05, 3.63) is 35.4 Å². The van der Waals surface area contributed by atoms with Crippen LogP contribution in [0.2, 0.25) is 0 Å². The largest absolute Gasteiger partial charge is 0.355 e. The van der Waals surface area contributed by atoms with Crippen LogP contribution in [0.1, 0.15) is 43.7 Å². The molecule has 28 heavy (non-hydrogen) atoms. The Bertz CT molecular complexity index is 608. The second kappa shape index (κ2) is 10.4. The number of rotatable bonds is 7. The minimum absolute atomic E-state index is 0.157. The predicted octanol–water partition coefficient (Wildman–Crippen LogP) is 2.18. The van der Waals surface area contributed by atoms with Gasteiger partial charge in [-0.15, -0.1) is 0 Å². The molecule has 1 amide bonds. The molecule has 2 saturated heterocycles. The Labute approximate surface area is 171 Å². The summed E-state index contributed by atoms with van der Waals surface area (Å²) < 4.78 is 0. The first-order valence-corrected chi connectivity index (χ1v) is 11.0. The number of likely N-dealkylation sites (N-methyl/N-ethyl adjacent to an activating group) is 1. The third kappa shape index (κ3) is 6.29. The maximum Gasteiger partial charge on any atom is 0.234 e. The normalized spacial score (nSPS) is 22.5. The summed E-state index contributed by atoms with van der Waals surface area (Å²) in [7, 11) is 2.23. The van der Waals surface area contributed by atoms with Crippen LogP contribution in [-0.4, -0.2) is 86.1 Å². The smallest absolute Gasteiger partial charge is 0.234 e. The van der Waals surface area contributed by atoms with E-state index < -0.39 is 0 Å². The Balaban J connectivity index is 1.32. The monoisotopic (exact) mass is 386 g/mol. The summed E-state index contributed by atoms with van der Waals surface area (Å²) in [4.78, 5) is 19.7. The van der Waals surface area contributed by atoms with Gasteiger partial charge in [-0.05, 0) is 49.9 Å². The molecule has 2 fully saturated rings. The van der Waals surface area contributed by atoms with E-state index in [-0.39, 0.29) is 5.91 Å². The summed E-state index contributed by atoms with van der Waals surface area (Å²) in [5, 5.41) is 3.10. The Morgan fingerprint density at radius 2 is 1.82 bits per heavy atom. The van der Waals surface area contributed by atoms with Gasteiger partial charge in [0.25, 0.3) is 0 Å². The van der Waals surface area contributed by atoms with Crippen molar-refractivity contribution in [1.82, 2.24) is 20.0 Å². The van der Waals surface area contributed by atoms with Gasteiger partial charge in [-0.2, -0.15) is 0 Å². The van der Waals surface area contributed by atoms with Gasteiger partial charge in [0, 0.05) is 45.3 Å². The van der Waals surface area contributed by atoms with E-state index in [0.717, 1.165) is 32.6 Å². The summed E-state index contributed by atoms with van der Waals surface area (Å²) in [6.07, 6.45) is 3.53. The number of carbonyl (C=O) groups is 1. The Kier molecular flexibility index (Phi) is 7.89. The van der Waals surface area contributed by atoms with E-state index in [4.69, 9.17) is 0 Å². The van der Waals surface area contributed by atoms with Crippen molar-refractivity contribution in [2.45, 2.75) is 45.1 Å². The summed E-state index contributed by atoms with van der Waals surface area (Å²) >= 11 is 0. The second-order valence-electron chi connectivity index (χ2n) is 8.87. The topological polar surface area (TPSA) is 38.8 Å². The number of nitrogens with zero attached hydrogens (tertiary/aromatic N) is 3. The van der Waals surface area contributed by atoms with Crippen LogP contribution in [0.3, 0.4) is 0 Å². The van der Waals surface area contributed by atoms with Crippen molar-refractivity contribution in [2.24, 2.45) is 0 Å². The first-order valence-electron chi connectivity index (χ1n) is 11.0. The van der Waals surface area contributed by atoms with E-state index in [1.54, 1.807) is 0 Å². The van der Waals surface area contributed by atoms with Gasteiger partial charge in [0.05, 0.1) is 6.54 Å². The molecule has 1 unspecified atom stereocenters. The molecular formula is C23H38N4O. The lowest BCUT2D eigenvalue weighted by Crippen LogP contribution is -2.55. The van der Waals surface area contributed by atoms with Crippen molar-refractivity contribution in [3.63, 3.8) is 0 Å². The van der Waals surface area contributed by atoms with Gasteiger partial charge in [0.15, 0.2) is 0 Å². The average molecular weight is 387 g/mol. The molecule has 3 rings (SSSR count). The van der Waals surface area contributed by atoms with Crippen LogP contribution in [0.15, 0.2) is 24.3 Å². The number of piperazine rings is 1. The zero-order chi connectivity index (χ0) is 19.9. The predicted molar refractivity (Wildman–Crippen MR) is 116 cm³/mol. The third-order valence-electron chi connectivity index (χ3n) is 6.27. The van der Waals surface area contributed by atoms with Crippen molar-refractivity contribution >= 4 is 5.91 Å². The van der Waals surface area contributed by atoms with Crippen LogP contribution in [0.25, 0.3) is 0 Å². The summed E-state index contributed by atoms with van der Waals surface area (Å²) in [6, 6.07) is 9.47. The van der Waals surface area contributed by atoms with Crippen LogP contribution in [-0.2, 0) is 11.2 Å². The molecule has 2 aliphatic heterocycles. The highest BCUT2D eigenvalue weighted by Crippen LogP contribution is 2.17. The number of amides is 1. The number of piperidine rings is 1. The molecule has 0 saturated carbocycles. The molecule has 0 aliphatic carbocycles. The zero-order valence-corrected chi connectivity index (χ0v) is 18.0. The highest BCUT2D eigenvalue weighted by Gasteiger charge is 2.27. The van der Waals surface area contributed by atoms with E-state index in [9.17, 15) is 4.79 Å². The molecule has 5 nitrogen and oxygen atoms in total. The number of benzene rings is 1. The average Bonchev–Trinajstić information content (AvgIpc) is 2.69. The maximum absolute atomic E-state index is 12.3. The lowest BCUT2D eigenvalue weighted by molar-refractivity contribution is -0.122. The molecule has 0 aromatic heterocycles. The van der Waals surface area contributed by atoms with E-state index in [1.165, 1.54) is 37.1 Å². The third-order valence-corrected chi connectivity index (χ3v) is 6.27. The number of nitrogens with one attached hydrogen (secondary N) is 1. The van der Waals surface area contributed by atoms with E-state index >= 15 is 0 Å². The molecule has 1 N–H and O–H groups in total. The van der Waals surface area contributed by atoms with Crippen molar-refractivity contribution in [1.29, 1.82) is 0 Å². The second-order valence-corrected chi connectivity index (χ2v) is 8.87. The van der Waals surface area contributed by atoms with Gasteiger partial charge in [-0.25, -0.2) is 0 Å². The highest BCUT2D eigenvalue weighted by molar-refractivity contribution is 5.78. The van der Waals surface area contributed by atoms with Crippen LogP contribution in [0.5, 0.6) is 0 Å². The van der Waals surface area contributed by atoms with Crippen LogP contribution >= 0.6 is 0 Å². The standard InChI is InChI=1S/C23H38N4O/c1-19(2)21-8-6-20(7-9-21)10-11-24-23(28)18-26-13-15-27(16-14-26)22-5-4-12-25(3)17-22/h6-9,19,22H,4-5,10-18H2,1-3H3,(H,24,28). The molecule has 2 aliphatic rings. The molecule has 1 atom stereocenters. The molecule has 5 heteroatoms. The van der Waals surface area contributed by atoms with E-state index in [0.29, 0.717) is 25.0 Å². The molecule has 0 radical (unpaired) electrons. The minimum Gasteiger partial charge on any atom is -0.355 e. The van der Waals surface area contributed by atoms with Gasteiger partial charge >= 0.3 is 0 Å². The molecule has 1 aromatic rings. The molecule has 156 valence electrons. The molecule has 2 heterocycles. The number of hydrogen-bond donors (Lipinski definition) is 1. The Morgan fingerprint density at radius 3 is 2.46 bits per heavy atom. The summed E-state index contributed by atoms with van der Waals surface area (Å²) in [5.41, 5.74) is 2.66. The molecule has 0 bridgehead atoms. The van der Waals surface area contributed by atoms with Gasteiger partial charge in [-0.1, -0.05) is 38.1 Å². The molecule has 0 spiro atoms. The summed E-state index contributed by atoms with van der Waals surface area (Å²) in [6.45, 7) is 12.3. The number of hydrogen-bond acceptors (Lipinski definition) is 4. The number of likely N-dealkylation sites (tertiary alicyclic amines) is 1. The number of carbonyl (C=O) groups excluding carboxylic acids is 1. The van der Waals surface area contributed by atoms with Crippen LogP contribution in [0.4, 0.5) is 0 Å². The van der Waals surface area contributed by atoms with E-state index in [2.05, 4.69) is 65.2 Å². The van der Waals surface area contributed by atoms with Gasteiger partial charge in [-0.3, -0.25) is 14.6 Å². The molecule has 1 aromatic carbocycles. The zero-order valence-electron chi connectivity index (χ0n) is 18.0. The van der Waals surface area contributed by atoms with Crippen molar-refractivity contribution in [3.8, 4) is 0 Å². The fourth-order valence-corrected chi connectivity index (χ4v) is 4.40. The van der Waals surface area contributed by atoms with Gasteiger partial charge < -0.3 is 10.2 Å². The fourth-order valence-electron chi connectivity index (χ4n) is 4.40. The minimum atomic E-state index is 0.157. The first-order chi connectivity index (χ1) is 13.5. The first kappa shape index (κ1) is 21.3. The fraction of sp³-hybridized carbons (Fsp3) is 0.696. The summed E-state index contributed by atoms with van der Waals surface area (Å²) in [5.74, 6) is 0.720. The van der Waals surface area contributed by atoms with E-state index in [1.807, 2.05) is 0 Å². The van der Waals surface area contributed by atoms with Gasteiger partial charge in [0.1, 0.15) is 0 Å². The maximum atomic E-state index is 12.3. The Hall–Kier alpha value is -1.43. The van der Waals surface area contributed by atoms with Crippen LogP contribution in [0, 0.1) is 0 Å². The van der Waals surface area contributed by atoms with Crippen molar-refractivity contribution < 1.29 is 4.79 Å². The highest BCUT2D eigenvalue weighted by atomic mass is 16.2. The lowest BCUT2D eigenvalue weighted by atomic mass is 10.0. The SMILES string of the molecule is CC(C)c1ccc(CCNC(=O)CN2CCN(C3CCCN(C)C3)CC2)cc1. The lowest BCUT2D eigenvalue weighted by Gasteiger charge is -2.42. The molecular weight excluding hydrogens is 348 g/mol. The Morgan fingerprint density at radius 1 is 1.11 bits per heavy atom.